The van der Waals surface area contributed by atoms with E-state index in [4.69, 9.17) is 23.4 Å². The first-order valence-corrected chi connectivity index (χ1v) is 10.6. The van der Waals surface area contributed by atoms with Crippen molar-refractivity contribution >= 4 is 40.9 Å². The molecule has 4 rings (SSSR count). The van der Waals surface area contributed by atoms with E-state index in [9.17, 15) is 14.7 Å². The Hall–Kier alpha value is -2.08. The number of nitrogens with one attached hydrogen (secondary N) is 1. The summed E-state index contributed by atoms with van der Waals surface area (Å²) in [6.07, 6.45) is 0.541. The maximum absolute atomic E-state index is 13.7. The second kappa shape index (κ2) is 7.26. The van der Waals surface area contributed by atoms with Crippen molar-refractivity contribution in [3.63, 3.8) is 0 Å². The lowest BCUT2D eigenvalue weighted by molar-refractivity contribution is -0.141. The fraction of sp³-hybridized carbons (Fsp3) is 0.391. The maximum atomic E-state index is 13.7. The summed E-state index contributed by atoms with van der Waals surface area (Å²) in [4.78, 5) is 26.2. The number of rotatable bonds is 3. The van der Waals surface area contributed by atoms with E-state index in [2.05, 4.69) is 26.1 Å². The van der Waals surface area contributed by atoms with Crippen LogP contribution >= 0.6 is 23.4 Å². The van der Waals surface area contributed by atoms with Crippen molar-refractivity contribution in [2.75, 3.05) is 5.32 Å². The van der Waals surface area contributed by atoms with Crippen molar-refractivity contribution in [2.24, 2.45) is 5.41 Å². The molecule has 0 bridgehead atoms. The molecule has 2 aliphatic rings. The Balaban J connectivity index is 2.04. The summed E-state index contributed by atoms with van der Waals surface area (Å²) in [7, 11) is 0. The summed E-state index contributed by atoms with van der Waals surface area (Å²) < 4.78 is 1.36. The number of para-hydroxylation sites is 1. The number of benzene rings is 2. The van der Waals surface area contributed by atoms with Gasteiger partial charge in [-0.05, 0) is 52.9 Å². The smallest absolute Gasteiger partial charge is 0.322 e. The minimum Gasteiger partial charge on any atom is -0.480 e. The molecule has 2 aromatic rings. The minimum atomic E-state index is -1.15. The third-order valence-electron chi connectivity index (χ3n) is 6.16. The molecule has 0 radical (unpaired) electrons. The van der Waals surface area contributed by atoms with E-state index < -0.39 is 29.4 Å². The van der Waals surface area contributed by atoms with Gasteiger partial charge in [0.2, 0.25) is 5.91 Å². The van der Waals surface area contributed by atoms with Gasteiger partial charge in [-0.3, -0.25) is 9.59 Å². The average Bonchev–Trinajstić information content (AvgIpc) is 3.08. The van der Waals surface area contributed by atoms with Gasteiger partial charge in [-0.25, -0.2) is 4.42 Å². The molecule has 4 unspecified atom stereocenters. The van der Waals surface area contributed by atoms with Gasteiger partial charge in [0.25, 0.3) is 0 Å². The topological polar surface area (TPSA) is 69.6 Å². The van der Waals surface area contributed by atoms with Crippen LogP contribution in [0.1, 0.15) is 44.2 Å². The van der Waals surface area contributed by atoms with Crippen LogP contribution in [0.15, 0.2) is 48.5 Å². The molecule has 1 fully saturated rings. The largest absolute Gasteiger partial charge is 0.480 e. The first-order valence-electron chi connectivity index (χ1n) is 9.90. The lowest BCUT2D eigenvalue weighted by atomic mass is 9.62. The van der Waals surface area contributed by atoms with Gasteiger partial charge in [-0.1, -0.05) is 62.7 Å². The summed E-state index contributed by atoms with van der Waals surface area (Å²) in [6, 6.07) is 12.9. The molecule has 1 spiro atoms. The Kier molecular flexibility index (Phi) is 5.12. The Labute approximate surface area is 186 Å². The predicted octanol–water partition coefficient (Wildman–Crippen LogP) is 5.04. The van der Waals surface area contributed by atoms with Crippen LogP contribution in [0.4, 0.5) is 5.69 Å². The highest BCUT2D eigenvalue weighted by atomic mass is 35.5. The first-order chi connectivity index (χ1) is 14.1. The van der Waals surface area contributed by atoms with Crippen LogP contribution < -0.4 is 5.32 Å². The molecule has 158 valence electrons. The molecule has 0 aliphatic carbocycles. The third-order valence-corrected chi connectivity index (χ3v) is 6.84. The number of aliphatic carboxylic acids is 1. The van der Waals surface area contributed by atoms with Crippen molar-refractivity contribution < 1.29 is 14.7 Å². The zero-order valence-electron chi connectivity index (χ0n) is 17.0. The number of halogens is 2. The van der Waals surface area contributed by atoms with Crippen molar-refractivity contribution in [3.8, 4) is 0 Å². The summed E-state index contributed by atoms with van der Waals surface area (Å²) in [5.41, 5.74) is 0.825. The van der Waals surface area contributed by atoms with E-state index >= 15 is 0 Å². The van der Waals surface area contributed by atoms with Gasteiger partial charge in [0.15, 0.2) is 0 Å². The molecule has 1 amide bonds. The number of carboxylic acid groups (broad SMARTS) is 1. The molecule has 7 heteroatoms. The molecule has 5 nitrogen and oxygen atoms in total. The molecule has 2 aliphatic heterocycles. The number of carbonyl (C=O) groups excluding carboxylic acids is 1. The second-order valence-electron chi connectivity index (χ2n) is 9.31. The van der Waals surface area contributed by atoms with E-state index in [1.54, 1.807) is 18.2 Å². The Morgan fingerprint density at radius 2 is 1.90 bits per heavy atom. The van der Waals surface area contributed by atoms with Gasteiger partial charge in [0.05, 0.1) is 0 Å². The minimum absolute atomic E-state index is 0.186. The maximum Gasteiger partial charge on any atom is 0.322 e. The number of carboxylic acids is 1. The van der Waals surface area contributed by atoms with Crippen LogP contribution in [-0.4, -0.2) is 33.5 Å². The number of nitrogens with zero attached hydrogens (tertiary/aromatic N) is 1. The molecule has 2 aromatic carbocycles. The van der Waals surface area contributed by atoms with Crippen molar-refractivity contribution in [2.45, 2.75) is 50.6 Å². The first kappa shape index (κ1) is 21.2. The van der Waals surface area contributed by atoms with Crippen molar-refractivity contribution in [1.29, 1.82) is 0 Å². The highest BCUT2D eigenvalue weighted by Crippen LogP contribution is 2.60. The van der Waals surface area contributed by atoms with E-state index in [0.29, 0.717) is 22.7 Å². The number of anilines is 1. The van der Waals surface area contributed by atoms with Crippen LogP contribution in [0.5, 0.6) is 0 Å². The fourth-order valence-electron chi connectivity index (χ4n) is 5.15. The van der Waals surface area contributed by atoms with Gasteiger partial charge in [0, 0.05) is 22.7 Å². The quantitative estimate of drug-likeness (QED) is 0.647. The molecule has 0 saturated carbocycles. The normalized spacial score (nSPS) is 28.6. The van der Waals surface area contributed by atoms with Crippen molar-refractivity contribution in [3.05, 3.63) is 64.7 Å². The van der Waals surface area contributed by atoms with E-state index in [0.717, 1.165) is 5.56 Å². The summed E-state index contributed by atoms with van der Waals surface area (Å²) in [5, 5.41) is 13.7. The molecule has 30 heavy (non-hydrogen) atoms. The second-order valence-corrected chi connectivity index (χ2v) is 10.1. The number of amides is 1. The molecule has 0 aromatic heterocycles. The van der Waals surface area contributed by atoms with Gasteiger partial charge in [-0.2, -0.15) is 0 Å². The average molecular weight is 447 g/mol. The molecule has 1 saturated heterocycles. The van der Waals surface area contributed by atoms with Gasteiger partial charge in [0.1, 0.15) is 11.5 Å². The highest BCUT2D eigenvalue weighted by molar-refractivity contribution is 6.30. The Morgan fingerprint density at radius 1 is 1.20 bits per heavy atom. The van der Waals surface area contributed by atoms with Crippen LogP contribution in [-0.2, 0) is 15.0 Å². The number of hydrogen-bond acceptors (Lipinski definition) is 3. The van der Waals surface area contributed by atoms with Gasteiger partial charge >= 0.3 is 5.97 Å². The van der Waals surface area contributed by atoms with E-state index in [-0.39, 0.29) is 11.3 Å². The SMILES string of the molecule is CC(C)(C)CC1N(Cl)C(C(=O)O)C(c2cccc(Cl)c2)C12C(=O)Nc1ccccc12. The number of fused-ring (bicyclic) bond motifs is 2. The fourth-order valence-corrected chi connectivity index (χ4v) is 5.77. The van der Waals surface area contributed by atoms with E-state index in [1.807, 2.05) is 30.3 Å². The number of carbonyl (C=O) groups is 2. The third kappa shape index (κ3) is 3.11. The van der Waals surface area contributed by atoms with Crippen LogP contribution in [0.25, 0.3) is 0 Å². The van der Waals surface area contributed by atoms with Gasteiger partial charge < -0.3 is 10.4 Å². The lowest BCUT2D eigenvalue weighted by Gasteiger charge is -2.38. The summed E-state index contributed by atoms with van der Waals surface area (Å²) >= 11 is 13.0. The lowest BCUT2D eigenvalue weighted by Crippen LogP contribution is -2.49. The van der Waals surface area contributed by atoms with Gasteiger partial charge in [-0.15, -0.1) is 0 Å². The molecule has 2 heterocycles. The zero-order chi connectivity index (χ0) is 21.8. The van der Waals surface area contributed by atoms with Crippen LogP contribution in [0.3, 0.4) is 0 Å². The molecule has 2 N–H and O–H groups in total. The summed E-state index contributed by atoms with van der Waals surface area (Å²) in [6.45, 7) is 6.19. The van der Waals surface area contributed by atoms with Crippen LogP contribution in [0, 0.1) is 5.41 Å². The molecule has 4 atom stereocenters. The summed E-state index contributed by atoms with van der Waals surface area (Å²) in [5.74, 6) is -2.00. The van der Waals surface area contributed by atoms with Crippen LogP contribution in [0.2, 0.25) is 5.02 Å². The predicted molar refractivity (Wildman–Crippen MR) is 118 cm³/mol. The monoisotopic (exact) mass is 446 g/mol. The zero-order valence-corrected chi connectivity index (χ0v) is 18.5. The molecular formula is C23H24Cl2N2O3. The standard InChI is InChI=1S/C23H24Cl2N2O3/c1-22(2,3)12-17-23(15-9-4-5-10-16(15)26-21(23)30)18(19(20(28)29)27(17)25)13-7-6-8-14(24)11-13/h4-11,17-19H,12H2,1-3H3,(H,26,30)(H,28,29). The highest BCUT2D eigenvalue weighted by Gasteiger charge is 2.69. The van der Waals surface area contributed by atoms with Crippen molar-refractivity contribution in [1.82, 2.24) is 4.42 Å². The Morgan fingerprint density at radius 3 is 2.53 bits per heavy atom. The van der Waals surface area contributed by atoms with E-state index in [1.165, 1.54) is 4.42 Å². The number of hydrogen-bond donors (Lipinski definition) is 2. The molecular weight excluding hydrogens is 423 g/mol. The Bertz CT molecular complexity index is 1020.